The predicted octanol–water partition coefficient (Wildman–Crippen LogP) is 5.22. The molecule has 0 nitrogen and oxygen atoms in total. The fourth-order valence-corrected chi connectivity index (χ4v) is 2.22. The molecule has 0 fully saturated rings. The Morgan fingerprint density at radius 3 is 1.89 bits per heavy atom. The number of hydrogen-bond donors (Lipinski definition) is 0. The Kier molecular flexibility index (Phi) is 3.46. The van der Waals surface area contributed by atoms with Crippen molar-refractivity contribution < 1.29 is 8.78 Å². The summed E-state index contributed by atoms with van der Waals surface area (Å²) >= 11 is 0. The van der Waals surface area contributed by atoms with Gasteiger partial charge in [0.15, 0.2) is 0 Å². The first kappa shape index (κ1) is 12.7. The van der Waals surface area contributed by atoms with Crippen LogP contribution >= 0.6 is 0 Å². The van der Waals surface area contributed by atoms with Gasteiger partial charge in [-0.15, -0.1) is 0 Å². The Balaban J connectivity index is 2.63. The first-order valence-corrected chi connectivity index (χ1v) is 5.95. The van der Waals surface area contributed by atoms with E-state index < -0.39 is 6.43 Å². The molecule has 18 heavy (non-hydrogen) atoms. The van der Waals surface area contributed by atoms with Crippen molar-refractivity contribution in [2.24, 2.45) is 0 Å². The molecule has 0 saturated heterocycles. The van der Waals surface area contributed by atoms with E-state index in [0.29, 0.717) is 5.56 Å². The lowest BCUT2D eigenvalue weighted by molar-refractivity contribution is 0.152. The average Bonchev–Trinajstić information content (AvgIpc) is 2.29. The molecule has 0 N–H and O–H groups in total. The summed E-state index contributed by atoms with van der Waals surface area (Å²) in [4.78, 5) is 0. The van der Waals surface area contributed by atoms with Crippen molar-refractivity contribution >= 4 is 0 Å². The third-order valence-corrected chi connectivity index (χ3v) is 3.11. The lowest BCUT2D eigenvalue weighted by Crippen LogP contribution is -1.93. The maximum atomic E-state index is 13.1. The van der Waals surface area contributed by atoms with Crippen LogP contribution in [0.1, 0.15) is 28.7 Å². The highest BCUT2D eigenvalue weighted by molar-refractivity contribution is 5.71. The number of alkyl halides is 2. The van der Waals surface area contributed by atoms with Gasteiger partial charge in [-0.2, -0.15) is 0 Å². The molecule has 0 radical (unpaired) electrons. The Labute approximate surface area is 106 Å². The highest BCUT2D eigenvalue weighted by Gasteiger charge is 2.15. The van der Waals surface area contributed by atoms with Crippen molar-refractivity contribution in [2.45, 2.75) is 27.2 Å². The van der Waals surface area contributed by atoms with Gasteiger partial charge in [-0.3, -0.25) is 0 Å². The minimum absolute atomic E-state index is 0.113. The van der Waals surface area contributed by atoms with E-state index in [1.165, 1.54) is 0 Å². The summed E-state index contributed by atoms with van der Waals surface area (Å²) in [6.07, 6.45) is -2.44. The van der Waals surface area contributed by atoms with Gasteiger partial charge in [-0.25, -0.2) is 8.78 Å². The zero-order valence-corrected chi connectivity index (χ0v) is 10.8. The van der Waals surface area contributed by atoms with Crippen molar-refractivity contribution in [3.05, 3.63) is 58.7 Å². The third kappa shape index (κ3) is 2.42. The van der Waals surface area contributed by atoms with Crippen LogP contribution < -0.4 is 0 Å². The maximum absolute atomic E-state index is 13.1. The average molecular weight is 246 g/mol. The number of hydrogen-bond acceptors (Lipinski definition) is 0. The van der Waals surface area contributed by atoms with Crippen molar-refractivity contribution in [3.8, 4) is 11.1 Å². The summed E-state index contributed by atoms with van der Waals surface area (Å²) in [5, 5.41) is 0. The molecule has 0 amide bonds. The predicted molar refractivity (Wildman–Crippen MR) is 71.0 cm³/mol. The zero-order valence-electron chi connectivity index (χ0n) is 10.8. The van der Waals surface area contributed by atoms with Crippen molar-refractivity contribution in [2.75, 3.05) is 0 Å². The monoisotopic (exact) mass is 246 g/mol. The van der Waals surface area contributed by atoms with E-state index in [4.69, 9.17) is 0 Å². The molecule has 94 valence electrons. The molecule has 0 unspecified atom stereocenters. The van der Waals surface area contributed by atoms with E-state index in [1.807, 2.05) is 45.0 Å². The summed E-state index contributed by atoms with van der Waals surface area (Å²) in [6, 6.07) is 11.1. The molecule has 0 bridgehead atoms. The Morgan fingerprint density at radius 2 is 1.33 bits per heavy atom. The summed E-state index contributed by atoms with van der Waals surface area (Å²) in [5.41, 5.74) is 4.66. The number of rotatable bonds is 2. The van der Waals surface area contributed by atoms with Gasteiger partial charge in [0.2, 0.25) is 0 Å². The van der Waals surface area contributed by atoms with E-state index >= 15 is 0 Å². The van der Waals surface area contributed by atoms with Crippen LogP contribution in [0.15, 0.2) is 36.4 Å². The number of halogens is 2. The smallest absolute Gasteiger partial charge is 0.205 e. The second-order valence-corrected chi connectivity index (χ2v) is 4.71. The molecule has 2 aromatic carbocycles. The van der Waals surface area contributed by atoms with Gasteiger partial charge < -0.3 is 0 Å². The first-order chi connectivity index (χ1) is 8.49. The Bertz CT molecular complexity index is 571. The van der Waals surface area contributed by atoms with Gasteiger partial charge in [-0.1, -0.05) is 41.5 Å². The second kappa shape index (κ2) is 4.89. The van der Waals surface area contributed by atoms with E-state index in [0.717, 1.165) is 22.3 Å². The Morgan fingerprint density at radius 1 is 0.778 bits per heavy atom. The van der Waals surface area contributed by atoms with Crippen molar-refractivity contribution in [3.63, 3.8) is 0 Å². The van der Waals surface area contributed by atoms with E-state index in [-0.39, 0.29) is 5.56 Å². The molecule has 2 rings (SSSR count). The number of aryl methyl sites for hydroxylation is 3. The molecule has 0 saturated carbocycles. The third-order valence-electron chi connectivity index (χ3n) is 3.11. The summed E-state index contributed by atoms with van der Waals surface area (Å²) in [7, 11) is 0. The Hall–Kier alpha value is -1.70. The van der Waals surface area contributed by atoms with Crippen LogP contribution in [0.4, 0.5) is 8.78 Å². The standard InChI is InChI=1S/C16H16F2/c1-10-4-6-13(12(3)8-10)14-7-5-11(2)9-15(14)16(17)18/h4-9,16H,1-3H3. The lowest BCUT2D eigenvalue weighted by atomic mass is 9.94. The van der Waals surface area contributed by atoms with Gasteiger partial charge >= 0.3 is 0 Å². The van der Waals surface area contributed by atoms with Crippen molar-refractivity contribution in [1.82, 2.24) is 0 Å². The largest absolute Gasteiger partial charge is 0.264 e. The van der Waals surface area contributed by atoms with Crippen LogP contribution in [0.2, 0.25) is 0 Å². The fraction of sp³-hybridized carbons (Fsp3) is 0.250. The van der Waals surface area contributed by atoms with Crippen LogP contribution in [-0.4, -0.2) is 0 Å². The van der Waals surface area contributed by atoms with Gasteiger partial charge in [0, 0.05) is 5.56 Å². The first-order valence-electron chi connectivity index (χ1n) is 5.95. The fourth-order valence-electron chi connectivity index (χ4n) is 2.22. The SMILES string of the molecule is Cc1ccc(-c2ccc(C)cc2C(F)F)c(C)c1. The molecular formula is C16H16F2. The van der Waals surface area contributed by atoms with E-state index in [1.54, 1.807) is 12.1 Å². The summed E-state index contributed by atoms with van der Waals surface area (Å²) in [5.74, 6) is 0. The van der Waals surface area contributed by atoms with Crippen LogP contribution in [0.3, 0.4) is 0 Å². The topological polar surface area (TPSA) is 0 Å². The quantitative estimate of drug-likeness (QED) is 0.681. The highest BCUT2D eigenvalue weighted by atomic mass is 19.3. The summed E-state index contributed by atoms with van der Waals surface area (Å²) < 4.78 is 26.2. The molecule has 0 heterocycles. The van der Waals surface area contributed by atoms with Crippen LogP contribution in [-0.2, 0) is 0 Å². The molecule has 0 spiro atoms. The minimum Gasteiger partial charge on any atom is -0.205 e. The summed E-state index contributed by atoms with van der Waals surface area (Å²) in [6.45, 7) is 5.79. The molecule has 0 aliphatic carbocycles. The second-order valence-electron chi connectivity index (χ2n) is 4.71. The van der Waals surface area contributed by atoms with Gasteiger partial charge in [0.25, 0.3) is 6.43 Å². The van der Waals surface area contributed by atoms with Gasteiger partial charge in [0.1, 0.15) is 0 Å². The van der Waals surface area contributed by atoms with E-state index in [9.17, 15) is 8.78 Å². The molecular weight excluding hydrogens is 230 g/mol. The molecule has 2 heteroatoms. The molecule has 0 aromatic heterocycles. The van der Waals surface area contributed by atoms with Gasteiger partial charge in [-0.05, 0) is 43.5 Å². The minimum atomic E-state index is -2.44. The lowest BCUT2D eigenvalue weighted by Gasteiger charge is -2.13. The van der Waals surface area contributed by atoms with Crippen LogP contribution in [0.25, 0.3) is 11.1 Å². The number of benzene rings is 2. The van der Waals surface area contributed by atoms with Crippen molar-refractivity contribution in [1.29, 1.82) is 0 Å². The van der Waals surface area contributed by atoms with E-state index in [2.05, 4.69) is 0 Å². The molecule has 0 aliphatic rings. The van der Waals surface area contributed by atoms with Crippen LogP contribution in [0.5, 0.6) is 0 Å². The normalized spacial score (nSPS) is 11.0. The van der Waals surface area contributed by atoms with Gasteiger partial charge in [0.05, 0.1) is 0 Å². The highest BCUT2D eigenvalue weighted by Crippen LogP contribution is 2.33. The zero-order chi connectivity index (χ0) is 13.3. The maximum Gasteiger partial charge on any atom is 0.264 e. The molecule has 0 atom stereocenters. The molecule has 2 aromatic rings. The molecule has 0 aliphatic heterocycles. The van der Waals surface area contributed by atoms with Crippen LogP contribution in [0, 0.1) is 20.8 Å².